The minimum atomic E-state index is -0.313. The van der Waals surface area contributed by atoms with Crippen LogP contribution in [-0.4, -0.2) is 15.9 Å². The number of hydrogen-bond acceptors (Lipinski definition) is 2. The number of imidazole rings is 1. The van der Waals surface area contributed by atoms with Gasteiger partial charge in [0.25, 0.3) is 0 Å². The highest BCUT2D eigenvalue weighted by Gasteiger charge is 2.05. The van der Waals surface area contributed by atoms with Gasteiger partial charge in [0, 0.05) is 5.69 Å². The molecule has 0 unspecified atom stereocenters. The standard InChI is InChI=1S/C15H12FN3OS/c16-10-3-1-9(2-4-10)7-14(20)17-11-5-6-12-13(8-11)19-15(21)18-12/h1-6,8H,7H2,(H,17,20)(H2,18,19,21). The van der Waals surface area contributed by atoms with Gasteiger partial charge in [-0.05, 0) is 48.1 Å². The van der Waals surface area contributed by atoms with Crippen LogP contribution in [0, 0.1) is 10.6 Å². The van der Waals surface area contributed by atoms with Crippen LogP contribution in [0.2, 0.25) is 0 Å². The molecule has 0 saturated heterocycles. The molecule has 0 atom stereocenters. The van der Waals surface area contributed by atoms with Gasteiger partial charge >= 0.3 is 0 Å². The number of H-pyrrole nitrogens is 2. The number of benzene rings is 2. The maximum atomic E-state index is 12.8. The van der Waals surface area contributed by atoms with Gasteiger partial charge in [0.15, 0.2) is 4.77 Å². The molecule has 0 fully saturated rings. The van der Waals surface area contributed by atoms with E-state index in [9.17, 15) is 9.18 Å². The maximum absolute atomic E-state index is 12.8. The molecular weight excluding hydrogens is 289 g/mol. The van der Waals surface area contributed by atoms with Crippen molar-refractivity contribution in [1.29, 1.82) is 0 Å². The summed E-state index contributed by atoms with van der Waals surface area (Å²) in [6, 6.07) is 11.3. The van der Waals surface area contributed by atoms with Crippen LogP contribution in [0.3, 0.4) is 0 Å². The third kappa shape index (κ3) is 3.17. The number of amides is 1. The summed E-state index contributed by atoms with van der Waals surface area (Å²) in [5, 5.41) is 2.81. The lowest BCUT2D eigenvalue weighted by Crippen LogP contribution is -2.14. The number of fused-ring (bicyclic) bond motifs is 1. The first kappa shape index (κ1) is 13.5. The van der Waals surface area contributed by atoms with Crippen LogP contribution in [0.1, 0.15) is 5.56 Å². The molecule has 0 radical (unpaired) electrons. The number of anilines is 1. The summed E-state index contributed by atoms with van der Waals surface area (Å²) in [5.74, 6) is -0.470. The Balaban J connectivity index is 1.73. The number of hydrogen-bond donors (Lipinski definition) is 3. The Hall–Kier alpha value is -2.47. The number of aromatic nitrogens is 2. The monoisotopic (exact) mass is 301 g/mol. The molecule has 21 heavy (non-hydrogen) atoms. The fourth-order valence-electron chi connectivity index (χ4n) is 2.10. The summed E-state index contributed by atoms with van der Waals surface area (Å²) < 4.78 is 13.3. The van der Waals surface area contributed by atoms with Gasteiger partial charge in [-0.15, -0.1) is 0 Å². The molecule has 6 heteroatoms. The molecule has 0 aliphatic carbocycles. The number of rotatable bonds is 3. The maximum Gasteiger partial charge on any atom is 0.228 e. The molecule has 0 aliphatic rings. The third-order valence-corrected chi connectivity index (χ3v) is 3.28. The van der Waals surface area contributed by atoms with E-state index >= 15 is 0 Å². The van der Waals surface area contributed by atoms with Crippen molar-refractivity contribution in [2.75, 3.05) is 5.32 Å². The van der Waals surface area contributed by atoms with E-state index in [4.69, 9.17) is 12.2 Å². The minimum Gasteiger partial charge on any atom is -0.331 e. The largest absolute Gasteiger partial charge is 0.331 e. The molecule has 0 aliphatic heterocycles. The molecule has 3 aromatic rings. The normalized spacial score (nSPS) is 10.7. The van der Waals surface area contributed by atoms with E-state index in [0.717, 1.165) is 16.6 Å². The molecule has 4 nitrogen and oxygen atoms in total. The second-order valence-corrected chi connectivity index (χ2v) is 5.10. The van der Waals surface area contributed by atoms with Gasteiger partial charge in [-0.2, -0.15) is 0 Å². The fraction of sp³-hybridized carbons (Fsp3) is 0.0667. The van der Waals surface area contributed by atoms with Gasteiger partial charge in [-0.1, -0.05) is 12.1 Å². The topological polar surface area (TPSA) is 60.7 Å². The molecule has 3 rings (SSSR count). The van der Waals surface area contributed by atoms with E-state index < -0.39 is 0 Å². The SMILES string of the molecule is O=C(Cc1ccc(F)cc1)Nc1ccc2[nH]c(=S)[nH]c2c1. The van der Waals surface area contributed by atoms with Crippen LogP contribution < -0.4 is 5.32 Å². The highest BCUT2D eigenvalue weighted by molar-refractivity contribution is 7.71. The molecule has 3 N–H and O–H groups in total. The second kappa shape index (κ2) is 5.49. The van der Waals surface area contributed by atoms with E-state index in [0.29, 0.717) is 10.5 Å². The molecule has 0 bridgehead atoms. The lowest BCUT2D eigenvalue weighted by molar-refractivity contribution is -0.115. The van der Waals surface area contributed by atoms with Crippen molar-refractivity contribution < 1.29 is 9.18 Å². The lowest BCUT2D eigenvalue weighted by atomic mass is 10.1. The summed E-state index contributed by atoms with van der Waals surface area (Å²) in [5.41, 5.74) is 3.16. The van der Waals surface area contributed by atoms with Crippen molar-refractivity contribution in [1.82, 2.24) is 9.97 Å². The van der Waals surface area contributed by atoms with Crippen molar-refractivity contribution in [2.45, 2.75) is 6.42 Å². The van der Waals surface area contributed by atoms with Crippen LogP contribution in [-0.2, 0) is 11.2 Å². The van der Waals surface area contributed by atoms with Crippen molar-refractivity contribution in [3.05, 3.63) is 58.6 Å². The van der Waals surface area contributed by atoms with Crippen LogP contribution in [0.25, 0.3) is 11.0 Å². The van der Waals surface area contributed by atoms with E-state index in [1.165, 1.54) is 12.1 Å². The molecule has 2 aromatic carbocycles. The molecule has 0 saturated carbocycles. The first-order valence-electron chi connectivity index (χ1n) is 6.36. The summed E-state index contributed by atoms with van der Waals surface area (Å²) >= 11 is 5.01. The first-order chi connectivity index (χ1) is 10.1. The Kier molecular flexibility index (Phi) is 3.53. The average Bonchev–Trinajstić information content (AvgIpc) is 2.80. The minimum absolute atomic E-state index is 0.157. The van der Waals surface area contributed by atoms with Crippen molar-refractivity contribution >= 4 is 34.8 Å². The van der Waals surface area contributed by atoms with Gasteiger partial charge in [0.05, 0.1) is 17.5 Å². The Labute approximate surface area is 125 Å². The third-order valence-electron chi connectivity index (χ3n) is 3.08. The van der Waals surface area contributed by atoms with E-state index in [1.54, 1.807) is 18.2 Å². The first-order valence-corrected chi connectivity index (χ1v) is 6.77. The predicted octanol–water partition coefficient (Wildman–Crippen LogP) is 3.55. The Morgan fingerprint density at radius 1 is 1.10 bits per heavy atom. The van der Waals surface area contributed by atoms with Crippen LogP contribution >= 0.6 is 12.2 Å². The molecular formula is C15H12FN3OS. The quantitative estimate of drug-likeness (QED) is 0.648. The van der Waals surface area contributed by atoms with Crippen LogP contribution in [0.4, 0.5) is 10.1 Å². The molecule has 1 aromatic heterocycles. The van der Waals surface area contributed by atoms with E-state index in [1.807, 2.05) is 12.1 Å². The Morgan fingerprint density at radius 3 is 2.57 bits per heavy atom. The van der Waals surface area contributed by atoms with Gasteiger partial charge < -0.3 is 15.3 Å². The van der Waals surface area contributed by atoms with Crippen molar-refractivity contribution in [2.24, 2.45) is 0 Å². The van der Waals surface area contributed by atoms with Gasteiger partial charge in [0.2, 0.25) is 5.91 Å². The number of carbonyl (C=O) groups is 1. The highest BCUT2D eigenvalue weighted by atomic mass is 32.1. The molecule has 1 heterocycles. The average molecular weight is 301 g/mol. The van der Waals surface area contributed by atoms with Gasteiger partial charge in [0.1, 0.15) is 5.82 Å². The molecule has 0 spiro atoms. The number of nitrogens with one attached hydrogen (secondary N) is 3. The van der Waals surface area contributed by atoms with E-state index in [-0.39, 0.29) is 18.1 Å². The predicted molar refractivity (Wildman–Crippen MR) is 82.2 cm³/mol. The van der Waals surface area contributed by atoms with Gasteiger partial charge in [-0.3, -0.25) is 4.79 Å². The van der Waals surface area contributed by atoms with Crippen LogP contribution in [0.15, 0.2) is 42.5 Å². The zero-order valence-electron chi connectivity index (χ0n) is 10.9. The summed E-state index contributed by atoms with van der Waals surface area (Å²) in [6.45, 7) is 0. The zero-order valence-corrected chi connectivity index (χ0v) is 11.8. The Bertz CT molecular complexity index is 851. The number of aromatic amines is 2. The lowest BCUT2D eigenvalue weighted by Gasteiger charge is -2.05. The molecule has 1 amide bonds. The van der Waals surface area contributed by atoms with Crippen LogP contribution in [0.5, 0.6) is 0 Å². The summed E-state index contributed by atoms with van der Waals surface area (Å²) in [7, 11) is 0. The van der Waals surface area contributed by atoms with Gasteiger partial charge in [-0.25, -0.2) is 4.39 Å². The highest BCUT2D eigenvalue weighted by Crippen LogP contribution is 2.16. The fourth-order valence-corrected chi connectivity index (χ4v) is 2.32. The number of carbonyl (C=O) groups excluding carboxylic acids is 1. The zero-order chi connectivity index (χ0) is 14.8. The summed E-state index contributed by atoms with van der Waals surface area (Å²) in [4.78, 5) is 18.0. The second-order valence-electron chi connectivity index (χ2n) is 4.69. The molecule has 106 valence electrons. The van der Waals surface area contributed by atoms with Crippen molar-refractivity contribution in [3.63, 3.8) is 0 Å². The Morgan fingerprint density at radius 2 is 1.81 bits per heavy atom. The summed E-state index contributed by atoms with van der Waals surface area (Å²) in [6.07, 6.45) is 0.196. The smallest absolute Gasteiger partial charge is 0.228 e. The van der Waals surface area contributed by atoms with E-state index in [2.05, 4.69) is 15.3 Å². The number of halogens is 1. The van der Waals surface area contributed by atoms with Crippen molar-refractivity contribution in [3.8, 4) is 0 Å².